The Labute approximate surface area is 174 Å². The number of carbonyl (C=O) groups is 1. The molecule has 0 fully saturated rings. The van der Waals surface area contributed by atoms with Gasteiger partial charge in [-0.05, 0) is 29.8 Å². The molecule has 1 aliphatic heterocycles. The van der Waals surface area contributed by atoms with Gasteiger partial charge in [-0.25, -0.2) is 4.98 Å². The second-order valence-electron chi connectivity index (χ2n) is 6.78. The summed E-state index contributed by atoms with van der Waals surface area (Å²) in [6.45, 7) is 0.147. The number of halogens is 3. The quantitative estimate of drug-likeness (QED) is 0.672. The van der Waals surface area contributed by atoms with Crippen molar-refractivity contribution in [1.29, 1.82) is 0 Å². The fourth-order valence-corrected chi connectivity index (χ4v) is 2.99. The zero-order valence-corrected chi connectivity index (χ0v) is 16.0. The standard InChI is InChI=1S/C21H16F3N3O4/c22-21(23,24)15-4-2-14(3-5-15)16-8-20(29)27(11-26-16)10-19(28)25-9-13-1-6-17-18(7-13)31-12-30-17/h1-8,11H,9-10,12H2,(H,25,28). The lowest BCUT2D eigenvalue weighted by molar-refractivity contribution is -0.137. The van der Waals surface area contributed by atoms with Crippen LogP contribution >= 0.6 is 0 Å². The number of hydrogen-bond donors (Lipinski definition) is 1. The van der Waals surface area contributed by atoms with Crippen molar-refractivity contribution in [1.82, 2.24) is 14.9 Å². The van der Waals surface area contributed by atoms with Crippen molar-refractivity contribution < 1.29 is 27.4 Å². The smallest absolute Gasteiger partial charge is 0.416 e. The van der Waals surface area contributed by atoms with Crippen LogP contribution in [0.25, 0.3) is 11.3 Å². The van der Waals surface area contributed by atoms with Gasteiger partial charge >= 0.3 is 6.18 Å². The van der Waals surface area contributed by atoms with E-state index in [2.05, 4.69) is 10.3 Å². The van der Waals surface area contributed by atoms with Crippen LogP contribution in [0.2, 0.25) is 0 Å². The zero-order valence-electron chi connectivity index (χ0n) is 16.0. The molecule has 1 aliphatic rings. The number of alkyl halides is 3. The molecule has 160 valence electrons. The predicted molar refractivity (Wildman–Crippen MR) is 103 cm³/mol. The first-order chi connectivity index (χ1) is 14.8. The van der Waals surface area contributed by atoms with Crippen molar-refractivity contribution >= 4 is 5.91 Å². The Kier molecular flexibility index (Phi) is 5.37. The third-order valence-electron chi connectivity index (χ3n) is 4.63. The molecular weight excluding hydrogens is 415 g/mol. The number of rotatable bonds is 5. The average Bonchev–Trinajstić information content (AvgIpc) is 3.21. The summed E-state index contributed by atoms with van der Waals surface area (Å²) in [5.41, 5.74) is 0.104. The summed E-state index contributed by atoms with van der Waals surface area (Å²) in [6, 6.07) is 10.8. The minimum absolute atomic E-state index is 0.156. The minimum Gasteiger partial charge on any atom is -0.454 e. The molecule has 0 unspecified atom stereocenters. The Morgan fingerprint density at radius 2 is 1.81 bits per heavy atom. The van der Waals surface area contributed by atoms with Crippen LogP contribution in [-0.4, -0.2) is 22.3 Å². The van der Waals surface area contributed by atoms with Crippen molar-refractivity contribution in [2.75, 3.05) is 6.79 Å². The van der Waals surface area contributed by atoms with Gasteiger partial charge in [0.2, 0.25) is 12.7 Å². The predicted octanol–water partition coefficient (Wildman–Crippen LogP) is 2.97. The maximum atomic E-state index is 12.7. The van der Waals surface area contributed by atoms with E-state index >= 15 is 0 Å². The van der Waals surface area contributed by atoms with Crippen LogP contribution in [0.3, 0.4) is 0 Å². The van der Waals surface area contributed by atoms with Crippen LogP contribution in [0.4, 0.5) is 13.2 Å². The van der Waals surface area contributed by atoms with E-state index in [0.29, 0.717) is 17.1 Å². The van der Waals surface area contributed by atoms with Gasteiger partial charge in [0.05, 0.1) is 17.6 Å². The van der Waals surface area contributed by atoms with Crippen molar-refractivity contribution in [3.63, 3.8) is 0 Å². The van der Waals surface area contributed by atoms with E-state index < -0.39 is 23.2 Å². The Hall–Kier alpha value is -3.82. The fraction of sp³-hybridized carbons (Fsp3) is 0.190. The molecule has 0 radical (unpaired) electrons. The molecule has 3 aromatic rings. The third-order valence-corrected chi connectivity index (χ3v) is 4.63. The molecule has 31 heavy (non-hydrogen) atoms. The molecule has 0 aliphatic carbocycles. The van der Waals surface area contributed by atoms with Gasteiger partial charge in [0.1, 0.15) is 6.54 Å². The number of carbonyl (C=O) groups excluding carboxylic acids is 1. The minimum atomic E-state index is -4.44. The number of amides is 1. The van der Waals surface area contributed by atoms with Gasteiger partial charge in [0, 0.05) is 18.2 Å². The monoisotopic (exact) mass is 431 g/mol. The molecule has 4 rings (SSSR count). The number of benzene rings is 2. The summed E-state index contributed by atoms with van der Waals surface area (Å²) in [5, 5.41) is 2.70. The largest absolute Gasteiger partial charge is 0.454 e. The van der Waals surface area contributed by atoms with E-state index in [9.17, 15) is 22.8 Å². The molecule has 1 aromatic heterocycles. The number of nitrogens with one attached hydrogen (secondary N) is 1. The molecule has 0 spiro atoms. The maximum Gasteiger partial charge on any atom is 0.416 e. The van der Waals surface area contributed by atoms with Crippen LogP contribution in [0.1, 0.15) is 11.1 Å². The molecule has 2 aromatic carbocycles. The molecule has 0 atom stereocenters. The Morgan fingerprint density at radius 1 is 1.06 bits per heavy atom. The molecule has 2 heterocycles. The molecule has 1 N–H and O–H groups in total. The summed E-state index contributed by atoms with van der Waals surface area (Å²) in [7, 11) is 0. The lowest BCUT2D eigenvalue weighted by atomic mass is 10.1. The van der Waals surface area contributed by atoms with Crippen molar-refractivity contribution in [2.45, 2.75) is 19.3 Å². The van der Waals surface area contributed by atoms with Crippen LogP contribution in [-0.2, 0) is 24.1 Å². The van der Waals surface area contributed by atoms with Crippen LogP contribution in [0.15, 0.2) is 59.7 Å². The van der Waals surface area contributed by atoms with E-state index in [1.54, 1.807) is 18.2 Å². The Morgan fingerprint density at radius 3 is 2.52 bits per heavy atom. The van der Waals surface area contributed by atoms with Crippen LogP contribution < -0.4 is 20.3 Å². The summed E-state index contributed by atoms with van der Waals surface area (Å²) >= 11 is 0. The van der Waals surface area contributed by atoms with Crippen molar-refractivity contribution in [3.05, 3.63) is 76.3 Å². The maximum absolute atomic E-state index is 12.7. The van der Waals surface area contributed by atoms with Gasteiger partial charge in [-0.1, -0.05) is 18.2 Å². The van der Waals surface area contributed by atoms with Gasteiger partial charge in [-0.3, -0.25) is 14.2 Å². The van der Waals surface area contributed by atoms with Crippen LogP contribution in [0.5, 0.6) is 11.5 Å². The Balaban J connectivity index is 1.39. The summed E-state index contributed by atoms with van der Waals surface area (Å²) in [4.78, 5) is 28.6. The highest BCUT2D eigenvalue weighted by molar-refractivity contribution is 5.75. The van der Waals surface area contributed by atoms with E-state index in [-0.39, 0.29) is 25.6 Å². The molecule has 10 heteroatoms. The fourth-order valence-electron chi connectivity index (χ4n) is 2.99. The molecule has 0 saturated carbocycles. The third kappa shape index (κ3) is 4.68. The van der Waals surface area contributed by atoms with E-state index in [1.807, 2.05) is 0 Å². The molecule has 7 nitrogen and oxygen atoms in total. The second-order valence-corrected chi connectivity index (χ2v) is 6.78. The van der Waals surface area contributed by atoms with Gasteiger partial charge in [-0.2, -0.15) is 13.2 Å². The molecule has 1 amide bonds. The number of aromatic nitrogens is 2. The van der Waals surface area contributed by atoms with Crippen molar-refractivity contribution in [3.8, 4) is 22.8 Å². The second kappa shape index (κ2) is 8.13. The highest BCUT2D eigenvalue weighted by atomic mass is 19.4. The zero-order chi connectivity index (χ0) is 22.0. The van der Waals surface area contributed by atoms with E-state index in [1.165, 1.54) is 24.5 Å². The summed E-state index contributed by atoms with van der Waals surface area (Å²) in [6.07, 6.45) is -3.25. The van der Waals surface area contributed by atoms with E-state index in [4.69, 9.17) is 9.47 Å². The summed E-state index contributed by atoms with van der Waals surface area (Å²) < 4.78 is 49.6. The van der Waals surface area contributed by atoms with Gasteiger partial charge in [-0.15, -0.1) is 0 Å². The first-order valence-electron chi connectivity index (χ1n) is 9.19. The average molecular weight is 431 g/mol. The first-order valence-corrected chi connectivity index (χ1v) is 9.19. The number of fused-ring (bicyclic) bond motifs is 1. The van der Waals surface area contributed by atoms with Gasteiger partial charge in [0.15, 0.2) is 11.5 Å². The number of hydrogen-bond acceptors (Lipinski definition) is 5. The topological polar surface area (TPSA) is 82.5 Å². The SMILES string of the molecule is O=C(Cn1cnc(-c2ccc(C(F)(F)F)cc2)cc1=O)NCc1ccc2c(c1)OCO2. The molecule has 0 saturated heterocycles. The number of nitrogens with zero attached hydrogens (tertiary/aromatic N) is 2. The highest BCUT2D eigenvalue weighted by Crippen LogP contribution is 2.32. The van der Waals surface area contributed by atoms with Crippen LogP contribution in [0, 0.1) is 0 Å². The normalized spacial score (nSPS) is 12.6. The molecule has 0 bridgehead atoms. The number of ether oxygens (including phenoxy) is 2. The van der Waals surface area contributed by atoms with Crippen molar-refractivity contribution in [2.24, 2.45) is 0 Å². The lowest BCUT2D eigenvalue weighted by Gasteiger charge is -2.09. The van der Waals surface area contributed by atoms with E-state index in [0.717, 1.165) is 22.3 Å². The lowest BCUT2D eigenvalue weighted by Crippen LogP contribution is -2.31. The van der Waals surface area contributed by atoms with Gasteiger partial charge in [0.25, 0.3) is 5.56 Å². The summed E-state index contributed by atoms with van der Waals surface area (Å²) in [5.74, 6) is 0.843. The van der Waals surface area contributed by atoms with Gasteiger partial charge < -0.3 is 14.8 Å². The Bertz CT molecular complexity index is 1170. The highest BCUT2D eigenvalue weighted by Gasteiger charge is 2.30. The first kappa shape index (κ1) is 20.5. The molecular formula is C21H16F3N3O4.